The van der Waals surface area contributed by atoms with E-state index in [1.807, 2.05) is 28.9 Å². The first kappa shape index (κ1) is 18.1. The first-order chi connectivity index (χ1) is 12.0. The Balaban J connectivity index is 1.61. The number of halogens is 1. The number of methoxy groups -OCH3 is 1. The van der Waals surface area contributed by atoms with Crippen molar-refractivity contribution >= 4 is 23.4 Å². The third-order valence-corrected chi connectivity index (χ3v) is 5.33. The van der Waals surface area contributed by atoms with Crippen LogP contribution in [0.1, 0.15) is 30.4 Å². The molecule has 25 heavy (non-hydrogen) atoms. The van der Waals surface area contributed by atoms with Crippen molar-refractivity contribution in [1.82, 2.24) is 9.80 Å². The molecule has 0 spiro atoms. The highest BCUT2D eigenvalue weighted by Gasteiger charge is 2.34. The average Bonchev–Trinajstić information content (AvgIpc) is 3.43. The Morgan fingerprint density at radius 1 is 1.16 bits per heavy atom. The number of carbonyl (C=O) groups is 2. The first-order valence-corrected chi connectivity index (χ1v) is 9.27. The fourth-order valence-electron chi connectivity index (χ4n) is 3.29. The van der Waals surface area contributed by atoms with Crippen LogP contribution in [-0.2, 0) is 16.0 Å². The van der Waals surface area contributed by atoms with Gasteiger partial charge in [-0.3, -0.25) is 9.59 Å². The number of rotatable bonds is 4. The van der Waals surface area contributed by atoms with Crippen LogP contribution in [0.15, 0.2) is 12.1 Å². The molecule has 5 nitrogen and oxygen atoms in total. The molecule has 1 aromatic rings. The Bertz CT molecular complexity index is 673. The molecular formula is C19H25ClN2O3. The molecule has 0 radical (unpaired) electrons. The molecule has 0 aromatic heterocycles. The first-order valence-electron chi connectivity index (χ1n) is 8.89. The molecule has 1 aromatic carbocycles. The monoisotopic (exact) mass is 364 g/mol. The molecule has 2 fully saturated rings. The zero-order valence-corrected chi connectivity index (χ0v) is 15.6. The van der Waals surface area contributed by atoms with E-state index in [0.717, 1.165) is 36.9 Å². The highest BCUT2D eigenvalue weighted by molar-refractivity contribution is 6.32. The van der Waals surface area contributed by atoms with Crippen molar-refractivity contribution in [3.63, 3.8) is 0 Å². The second-order valence-corrected chi connectivity index (χ2v) is 7.33. The van der Waals surface area contributed by atoms with Crippen LogP contribution >= 0.6 is 11.6 Å². The summed E-state index contributed by atoms with van der Waals surface area (Å²) in [6.45, 7) is 4.67. The van der Waals surface area contributed by atoms with Gasteiger partial charge in [-0.15, -0.1) is 0 Å². The lowest BCUT2D eigenvalue weighted by atomic mass is 10.0. The topological polar surface area (TPSA) is 49.9 Å². The maximum Gasteiger partial charge on any atom is 0.227 e. The van der Waals surface area contributed by atoms with E-state index in [-0.39, 0.29) is 17.7 Å². The van der Waals surface area contributed by atoms with Gasteiger partial charge in [0.25, 0.3) is 0 Å². The fourth-order valence-corrected chi connectivity index (χ4v) is 3.56. The summed E-state index contributed by atoms with van der Waals surface area (Å²) in [7, 11) is 1.58. The Kier molecular flexibility index (Phi) is 5.52. The zero-order chi connectivity index (χ0) is 18.0. The number of hydrogen-bond acceptors (Lipinski definition) is 3. The van der Waals surface area contributed by atoms with Crippen molar-refractivity contribution in [3.05, 3.63) is 28.3 Å². The van der Waals surface area contributed by atoms with Crippen LogP contribution < -0.4 is 4.74 Å². The molecule has 6 heteroatoms. The summed E-state index contributed by atoms with van der Waals surface area (Å²) in [5, 5.41) is 0.521. The van der Waals surface area contributed by atoms with Crippen LogP contribution in [0, 0.1) is 12.8 Å². The Morgan fingerprint density at radius 3 is 2.52 bits per heavy atom. The number of amides is 2. The summed E-state index contributed by atoms with van der Waals surface area (Å²) >= 11 is 6.19. The van der Waals surface area contributed by atoms with E-state index < -0.39 is 0 Å². The maximum atomic E-state index is 12.7. The van der Waals surface area contributed by atoms with Gasteiger partial charge in [0.05, 0.1) is 18.6 Å². The van der Waals surface area contributed by atoms with Gasteiger partial charge in [0.15, 0.2) is 0 Å². The molecule has 1 saturated heterocycles. The molecule has 2 amide bonds. The summed E-state index contributed by atoms with van der Waals surface area (Å²) in [6, 6.07) is 3.68. The quantitative estimate of drug-likeness (QED) is 0.825. The van der Waals surface area contributed by atoms with Gasteiger partial charge in [-0.2, -0.15) is 0 Å². The number of aryl methyl sites for hydroxylation is 1. The molecular weight excluding hydrogens is 340 g/mol. The number of benzene rings is 1. The van der Waals surface area contributed by atoms with E-state index >= 15 is 0 Å². The maximum absolute atomic E-state index is 12.7. The lowest BCUT2D eigenvalue weighted by molar-refractivity contribution is -0.134. The fraction of sp³-hybridized carbons (Fsp3) is 0.579. The second-order valence-electron chi connectivity index (χ2n) is 6.92. The molecule has 136 valence electrons. The Morgan fingerprint density at radius 2 is 1.84 bits per heavy atom. The van der Waals surface area contributed by atoms with Crippen LogP contribution in [0.4, 0.5) is 0 Å². The smallest absolute Gasteiger partial charge is 0.227 e. The standard InChI is InChI=1S/C19H25ClN2O3/c1-13-10-17(25-2)16(20)11-15(13)12-18(23)21-6-3-7-22(9-8-21)19(24)14-4-5-14/h10-11,14H,3-9,12H2,1-2H3. The molecule has 1 aliphatic heterocycles. The van der Waals surface area contributed by atoms with Gasteiger partial charge in [-0.05, 0) is 49.4 Å². The Labute approximate surface area is 153 Å². The van der Waals surface area contributed by atoms with Crippen molar-refractivity contribution in [2.24, 2.45) is 5.92 Å². The van der Waals surface area contributed by atoms with E-state index in [1.54, 1.807) is 7.11 Å². The lowest BCUT2D eigenvalue weighted by Gasteiger charge is -2.22. The zero-order valence-electron chi connectivity index (χ0n) is 14.9. The Hall–Kier alpha value is -1.75. The molecule has 1 aliphatic carbocycles. The predicted octanol–water partition coefficient (Wildman–Crippen LogP) is 2.67. The molecule has 0 N–H and O–H groups in total. The lowest BCUT2D eigenvalue weighted by Crippen LogP contribution is -2.38. The molecule has 0 unspecified atom stereocenters. The van der Waals surface area contributed by atoms with Crippen LogP contribution in [0.2, 0.25) is 5.02 Å². The van der Waals surface area contributed by atoms with E-state index in [2.05, 4.69) is 0 Å². The van der Waals surface area contributed by atoms with Crippen molar-refractivity contribution in [1.29, 1.82) is 0 Å². The van der Waals surface area contributed by atoms with Crippen molar-refractivity contribution < 1.29 is 14.3 Å². The summed E-state index contributed by atoms with van der Waals surface area (Å²) in [6.07, 6.45) is 3.21. The minimum atomic E-state index is 0.0880. The van der Waals surface area contributed by atoms with Crippen LogP contribution in [0.3, 0.4) is 0 Å². The molecule has 1 saturated carbocycles. The van der Waals surface area contributed by atoms with Crippen molar-refractivity contribution in [2.75, 3.05) is 33.3 Å². The molecule has 0 bridgehead atoms. The SMILES string of the molecule is COc1cc(C)c(CC(=O)N2CCCN(C(=O)C3CC3)CC2)cc1Cl. The van der Waals surface area contributed by atoms with Gasteiger partial charge < -0.3 is 14.5 Å². The molecule has 3 rings (SSSR count). The van der Waals surface area contributed by atoms with Crippen LogP contribution in [0.25, 0.3) is 0 Å². The average molecular weight is 365 g/mol. The molecule has 1 heterocycles. The van der Waals surface area contributed by atoms with Crippen LogP contribution in [0.5, 0.6) is 5.75 Å². The third-order valence-electron chi connectivity index (χ3n) is 5.04. The van der Waals surface area contributed by atoms with Crippen molar-refractivity contribution in [2.45, 2.75) is 32.6 Å². The van der Waals surface area contributed by atoms with Gasteiger partial charge in [-0.25, -0.2) is 0 Å². The van der Waals surface area contributed by atoms with Crippen LogP contribution in [-0.4, -0.2) is 54.9 Å². The summed E-state index contributed by atoms with van der Waals surface area (Å²) < 4.78 is 5.21. The van der Waals surface area contributed by atoms with Gasteiger partial charge in [0.1, 0.15) is 5.75 Å². The van der Waals surface area contributed by atoms with Gasteiger partial charge in [0.2, 0.25) is 11.8 Å². The highest BCUT2D eigenvalue weighted by atomic mass is 35.5. The highest BCUT2D eigenvalue weighted by Crippen LogP contribution is 2.31. The van der Waals surface area contributed by atoms with Gasteiger partial charge >= 0.3 is 0 Å². The van der Waals surface area contributed by atoms with Gasteiger partial charge in [-0.1, -0.05) is 11.6 Å². The minimum Gasteiger partial charge on any atom is -0.495 e. The third kappa shape index (κ3) is 4.27. The normalized spacial score (nSPS) is 18.0. The van der Waals surface area contributed by atoms with Crippen molar-refractivity contribution in [3.8, 4) is 5.75 Å². The molecule has 2 aliphatic rings. The number of ether oxygens (including phenoxy) is 1. The number of carbonyl (C=O) groups excluding carboxylic acids is 2. The largest absolute Gasteiger partial charge is 0.495 e. The van der Waals surface area contributed by atoms with E-state index in [9.17, 15) is 9.59 Å². The second kappa shape index (κ2) is 7.65. The van der Waals surface area contributed by atoms with Gasteiger partial charge in [0, 0.05) is 32.1 Å². The summed E-state index contributed by atoms with van der Waals surface area (Å²) in [5.74, 6) is 1.22. The van der Waals surface area contributed by atoms with E-state index in [1.165, 1.54) is 0 Å². The predicted molar refractivity (Wildman–Crippen MR) is 96.9 cm³/mol. The summed E-state index contributed by atoms with van der Waals surface area (Å²) in [5.41, 5.74) is 1.92. The van der Waals surface area contributed by atoms with E-state index in [0.29, 0.717) is 36.8 Å². The summed E-state index contributed by atoms with van der Waals surface area (Å²) in [4.78, 5) is 28.7. The minimum absolute atomic E-state index is 0.0880. The van der Waals surface area contributed by atoms with E-state index in [4.69, 9.17) is 16.3 Å². The number of nitrogens with zero attached hydrogens (tertiary/aromatic N) is 2. The molecule has 0 atom stereocenters. The number of hydrogen-bond donors (Lipinski definition) is 0.